The molecule has 0 aromatic rings. The number of hydrogen-bond acceptors (Lipinski definition) is 3. The molecule has 1 amide bonds. The van der Waals surface area contributed by atoms with Crippen molar-refractivity contribution in [3.05, 3.63) is 0 Å². The summed E-state index contributed by atoms with van der Waals surface area (Å²) in [6, 6.07) is 0. The number of amides is 1. The molecule has 0 aromatic carbocycles. The smallest absolute Gasteiger partial charge is 0.236 e. The Morgan fingerprint density at radius 1 is 1.55 bits per heavy atom. The van der Waals surface area contributed by atoms with Crippen LogP contribution in [0.4, 0.5) is 0 Å². The Labute approximate surface area is 67.0 Å². The Bertz CT molecular complexity index is 232. The van der Waals surface area contributed by atoms with Crippen molar-refractivity contribution in [2.75, 3.05) is 6.26 Å². The van der Waals surface area contributed by atoms with Gasteiger partial charge in [-0.3, -0.25) is 9.52 Å². The van der Waals surface area contributed by atoms with Crippen molar-refractivity contribution < 1.29 is 13.2 Å². The first-order valence-corrected chi connectivity index (χ1v) is 5.27. The molecule has 0 fully saturated rings. The summed E-state index contributed by atoms with van der Waals surface area (Å²) in [6.45, 7) is 3.51. The SMILES string of the molecule is CCC(C)C(=O)NS(C)(=O)=O. The lowest BCUT2D eigenvalue weighted by Crippen LogP contribution is -2.33. The molecular weight excluding hydrogens is 166 g/mol. The summed E-state index contributed by atoms with van der Waals surface area (Å²) in [7, 11) is -3.38. The molecule has 0 radical (unpaired) electrons. The van der Waals surface area contributed by atoms with E-state index >= 15 is 0 Å². The first-order valence-electron chi connectivity index (χ1n) is 3.38. The van der Waals surface area contributed by atoms with E-state index in [0.29, 0.717) is 6.42 Å². The molecule has 5 heteroatoms. The van der Waals surface area contributed by atoms with Gasteiger partial charge in [-0.15, -0.1) is 0 Å². The number of nitrogens with one attached hydrogen (secondary N) is 1. The molecule has 66 valence electrons. The summed E-state index contributed by atoms with van der Waals surface area (Å²) in [4.78, 5) is 10.9. The summed E-state index contributed by atoms with van der Waals surface area (Å²) in [5.41, 5.74) is 0. The zero-order valence-electron chi connectivity index (χ0n) is 6.92. The summed E-state index contributed by atoms with van der Waals surface area (Å²) < 4.78 is 23.0. The maximum Gasteiger partial charge on any atom is 0.236 e. The normalized spacial score (nSPS) is 14.1. The van der Waals surface area contributed by atoms with Crippen LogP contribution in [0.25, 0.3) is 0 Å². The van der Waals surface area contributed by atoms with Crippen LogP contribution in [-0.2, 0) is 14.8 Å². The topological polar surface area (TPSA) is 63.2 Å². The van der Waals surface area contributed by atoms with Gasteiger partial charge >= 0.3 is 0 Å². The quantitative estimate of drug-likeness (QED) is 0.668. The van der Waals surface area contributed by atoms with E-state index in [9.17, 15) is 13.2 Å². The minimum atomic E-state index is -3.38. The first kappa shape index (κ1) is 10.4. The second-order valence-electron chi connectivity index (χ2n) is 2.55. The monoisotopic (exact) mass is 179 g/mol. The maximum absolute atomic E-state index is 10.9. The van der Waals surface area contributed by atoms with Crippen LogP contribution in [0.2, 0.25) is 0 Å². The molecule has 11 heavy (non-hydrogen) atoms. The molecule has 0 aliphatic carbocycles. The second-order valence-corrected chi connectivity index (χ2v) is 4.30. The van der Waals surface area contributed by atoms with E-state index in [0.717, 1.165) is 6.26 Å². The van der Waals surface area contributed by atoms with Crippen molar-refractivity contribution >= 4 is 15.9 Å². The van der Waals surface area contributed by atoms with Crippen molar-refractivity contribution in [2.24, 2.45) is 5.92 Å². The Balaban J connectivity index is 4.10. The van der Waals surface area contributed by atoms with Crippen LogP contribution in [-0.4, -0.2) is 20.6 Å². The molecule has 1 atom stereocenters. The average molecular weight is 179 g/mol. The van der Waals surface area contributed by atoms with Crippen molar-refractivity contribution in [1.29, 1.82) is 0 Å². The summed E-state index contributed by atoms with van der Waals surface area (Å²) in [6.07, 6.45) is 1.61. The van der Waals surface area contributed by atoms with Crippen LogP contribution < -0.4 is 4.72 Å². The summed E-state index contributed by atoms with van der Waals surface area (Å²) >= 11 is 0. The molecule has 1 N–H and O–H groups in total. The minimum absolute atomic E-state index is 0.246. The highest BCUT2D eigenvalue weighted by molar-refractivity contribution is 7.89. The maximum atomic E-state index is 10.9. The molecule has 0 aliphatic heterocycles. The van der Waals surface area contributed by atoms with E-state index in [2.05, 4.69) is 0 Å². The third-order valence-corrected chi connectivity index (χ3v) is 1.92. The van der Waals surface area contributed by atoms with Gasteiger partial charge in [0, 0.05) is 5.92 Å². The van der Waals surface area contributed by atoms with E-state index < -0.39 is 15.9 Å². The van der Waals surface area contributed by atoms with Crippen molar-refractivity contribution in [2.45, 2.75) is 20.3 Å². The van der Waals surface area contributed by atoms with Gasteiger partial charge in [0.05, 0.1) is 6.26 Å². The molecule has 0 aromatic heterocycles. The average Bonchev–Trinajstić information content (AvgIpc) is 1.82. The van der Waals surface area contributed by atoms with Gasteiger partial charge in [-0.25, -0.2) is 8.42 Å². The van der Waals surface area contributed by atoms with Gasteiger partial charge < -0.3 is 0 Å². The first-order chi connectivity index (χ1) is 4.87. The van der Waals surface area contributed by atoms with Crippen LogP contribution >= 0.6 is 0 Å². The van der Waals surface area contributed by atoms with E-state index in [4.69, 9.17) is 0 Å². The fraction of sp³-hybridized carbons (Fsp3) is 0.833. The zero-order valence-corrected chi connectivity index (χ0v) is 7.73. The molecule has 0 saturated heterocycles. The van der Waals surface area contributed by atoms with Crippen molar-refractivity contribution in [3.8, 4) is 0 Å². The Morgan fingerprint density at radius 2 is 2.00 bits per heavy atom. The third kappa shape index (κ3) is 4.78. The fourth-order valence-corrected chi connectivity index (χ4v) is 1.04. The van der Waals surface area contributed by atoms with E-state index in [1.54, 1.807) is 6.92 Å². The highest BCUT2D eigenvalue weighted by Gasteiger charge is 2.13. The van der Waals surface area contributed by atoms with Crippen LogP contribution in [0, 0.1) is 5.92 Å². The molecule has 1 unspecified atom stereocenters. The van der Waals surface area contributed by atoms with Crippen LogP contribution in [0.3, 0.4) is 0 Å². The van der Waals surface area contributed by atoms with Crippen LogP contribution in [0.5, 0.6) is 0 Å². The van der Waals surface area contributed by atoms with Gasteiger partial charge in [-0.2, -0.15) is 0 Å². The largest absolute Gasteiger partial charge is 0.274 e. The zero-order chi connectivity index (χ0) is 9.07. The second kappa shape index (κ2) is 3.71. The highest BCUT2D eigenvalue weighted by atomic mass is 32.2. The number of hydrogen-bond donors (Lipinski definition) is 1. The minimum Gasteiger partial charge on any atom is -0.274 e. The van der Waals surface area contributed by atoms with Crippen LogP contribution in [0.15, 0.2) is 0 Å². The number of sulfonamides is 1. The summed E-state index contributed by atoms with van der Waals surface area (Å²) in [5.74, 6) is -0.681. The van der Waals surface area contributed by atoms with Gasteiger partial charge in [0.15, 0.2) is 0 Å². The lowest BCUT2D eigenvalue weighted by molar-refractivity contribution is -0.122. The fourth-order valence-electron chi connectivity index (χ4n) is 0.469. The number of carbonyl (C=O) groups excluding carboxylic acids is 1. The third-order valence-electron chi connectivity index (χ3n) is 1.35. The number of carbonyl (C=O) groups is 1. The van der Waals surface area contributed by atoms with Gasteiger partial charge in [-0.1, -0.05) is 13.8 Å². The number of rotatable bonds is 3. The van der Waals surface area contributed by atoms with Crippen LogP contribution in [0.1, 0.15) is 20.3 Å². The lowest BCUT2D eigenvalue weighted by atomic mass is 10.1. The van der Waals surface area contributed by atoms with Gasteiger partial charge in [0.25, 0.3) is 0 Å². The Hall–Kier alpha value is -0.580. The van der Waals surface area contributed by atoms with E-state index in [-0.39, 0.29) is 5.92 Å². The predicted molar refractivity (Wildman–Crippen MR) is 42.4 cm³/mol. The van der Waals surface area contributed by atoms with Crippen molar-refractivity contribution in [1.82, 2.24) is 4.72 Å². The Kier molecular flexibility index (Phi) is 3.51. The molecular formula is C6H13NO3S. The molecule has 0 heterocycles. The molecule has 0 aliphatic rings. The standard InChI is InChI=1S/C6H13NO3S/c1-4-5(2)6(8)7-11(3,9)10/h5H,4H2,1-3H3,(H,7,8). The predicted octanol–water partition coefficient (Wildman–Crippen LogP) is 0.108. The lowest BCUT2D eigenvalue weighted by Gasteiger charge is -2.06. The molecule has 0 saturated carbocycles. The van der Waals surface area contributed by atoms with Gasteiger partial charge in [0.1, 0.15) is 0 Å². The highest BCUT2D eigenvalue weighted by Crippen LogP contribution is 1.99. The van der Waals surface area contributed by atoms with Gasteiger partial charge in [0.2, 0.25) is 15.9 Å². The van der Waals surface area contributed by atoms with Gasteiger partial charge in [-0.05, 0) is 6.42 Å². The summed E-state index contributed by atoms with van der Waals surface area (Å²) in [5, 5.41) is 0. The molecule has 0 spiro atoms. The van der Waals surface area contributed by atoms with E-state index in [1.807, 2.05) is 11.6 Å². The van der Waals surface area contributed by atoms with Crippen molar-refractivity contribution in [3.63, 3.8) is 0 Å². The molecule has 0 rings (SSSR count). The van der Waals surface area contributed by atoms with E-state index in [1.165, 1.54) is 0 Å². The molecule has 4 nitrogen and oxygen atoms in total. The molecule has 0 bridgehead atoms. The Morgan fingerprint density at radius 3 is 2.27 bits per heavy atom.